The number of fused-ring (bicyclic) bond motifs is 2. The minimum Gasteiger partial charge on any atom is -0.462 e. The third kappa shape index (κ3) is 5.13. The number of hydrogen-bond donors (Lipinski definition) is 1. The molecule has 3 aromatic rings. The fourth-order valence-electron chi connectivity index (χ4n) is 5.93. The molecule has 2 fully saturated rings. The van der Waals surface area contributed by atoms with Gasteiger partial charge >= 0.3 is 6.01 Å². The van der Waals surface area contributed by atoms with Crippen molar-refractivity contribution in [3.63, 3.8) is 0 Å². The van der Waals surface area contributed by atoms with Crippen LogP contribution in [0.25, 0.3) is 10.8 Å². The molecule has 1 aliphatic carbocycles. The highest BCUT2D eigenvalue weighted by Gasteiger charge is 2.30. The Bertz CT molecular complexity index is 1340. The first-order valence-corrected chi connectivity index (χ1v) is 13.9. The molecule has 1 aromatic heterocycles. The van der Waals surface area contributed by atoms with Gasteiger partial charge in [-0.2, -0.15) is 15.2 Å². The number of rotatable bonds is 8. The maximum Gasteiger partial charge on any atom is 0.318 e. The number of hydrogen-bond acceptors (Lipinski definition) is 8. The lowest BCUT2D eigenvalue weighted by molar-refractivity contribution is 0.219. The van der Waals surface area contributed by atoms with E-state index in [1.54, 1.807) is 0 Å². The molecule has 3 heterocycles. The molecule has 1 atom stereocenters. The average Bonchev–Trinajstić information content (AvgIpc) is 3.78. The Morgan fingerprint density at radius 3 is 2.79 bits per heavy atom. The molecule has 2 aliphatic heterocycles. The van der Waals surface area contributed by atoms with Crippen LogP contribution in [0.4, 0.5) is 11.5 Å². The molecule has 0 bridgehead atoms. The van der Waals surface area contributed by atoms with Crippen LogP contribution in [-0.2, 0) is 13.0 Å². The molecule has 1 unspecified atom stereocenters. The quantitative estimate of drug-likeness (QED) is 0.491. The van der Waals surface area contributed by atoms with Crippen molar-refractivity contribution in [2.45, 2.75) is 51.2 Å². The lowest BCUT2D eigenvalue weighted by Gasteiger charge is -2.37. The molecule has 0 amide bonds. The van der Waals surface area contributed by atoms with E-state index >= 15 is 0 Å². The monoisotopic (exact) mass is 511 g/mol. The van der Waals surface area contributed by atoms with Gasteiger partial charge in [0.25, 0.3) is 0 Å². The molecule has 8 nitrogen and oxygen atoms in total. The van der Waals surface area contributed by atoms with Gasteiger partial charge < -0.3 is 24.8 Å². The molecule has 2 aromatic carbocycles. The van der Waals surface area contributed by atoms with E-state index in [9.17, 15) is 5.26 Å². The van der Waals surface area contributed by atoms with Gasteiger partial charge in [-0.25, -0.2) is 0 Å². The maximum absolute atomic E-state index is 9.27. The normalized spacial score (nSPS) is 19.5. The molecule has 6 rings (SSSR count). The van der Waals surface area contributed by atoms with Crippen molar-refractivity contribution in [1.82, 2.24) is 20.2 Å². The van der Waals surface area contributed by atoms with Crippen LogP contribution in [0.3, 0.4) is 0 Å². The molecule has 0 radical (unpaired) electrons. The summed E-state index contributed by atoms with van der Waals surface area (Å²) in [6, 6.07) is 16.7. The second kappa shape index (κ2) is 10.8. The summed E-state index contributed by atoms with van der Waals surface area (Å²) >= 11 is 0. The third-order valence-corrected chi connectivity index (χ3v) is 8.19. The molecule has 38 heavy (non-hydrogen) atoms. The third-order valence-electron chi connectivity index (χ3n) is 8.19. The number of aromatic nitrogens is 2. The molecular weight excluding hydrogens is 474 g/mol. The highest BCUT2D eigenvalue weighted by Crippen LogP contribution is 2.35. The maximum atomic E-state index is 9.27. The van der Waals surface area contributed by atoms with E-state index in [1.807, 2.05) is 0 Å². The number of benzene rings is 2. The number of ether oxygens (including phenoxy) is 1. The van der Waals surface area contributed by atoms with Gasteiger partial charge in [0, 0.05) is 61.4 Å². The Hall–Kier alpha value is -3.41. The van der Waals surface area contributed by atoms with Crippen molar-refractivity contribution in [1.29, 1.82) is 5.26 Å². The number of nitrogens with one attached hydrogen (secondary N) is 1. The van der Waals surface area contributed by atoms with E-state index in [0.29, 0.717) is 25.1 Å². The number of piperazine rings is 1. The van der Waals surface area contributed by atoms with Crippen molar-refractivity contribution in [3.05, 3.63) is 53.2 Å². The van der Waals surface area contributed by atoms with Gasteiger partial charge in [-0.05, 0) is 50.2 Å². The zero-order valence-electron chi connectivity index (χ0n) is 22.5. The molecule has 1 N–H and O–H groups in total. The molecular formula is C30H37N7O. The van der Waals surface area contributed by atoms with Crippen molar-refractivity contribution in [2.75, 3.05) is 56.2 Å². The summed E-state index contributed by atoms with van der Waals surface area (Å²) in [5.41, 5.74) is 4.82. The molecule has 0 spiro atoms. The number of aryl methyl sites for hydroxylation is 1. The summed E-state index contributed by atoms with van der Waals surface area (Å²) in [6.45, 7) is 7.76. The van der Waals surface area contributed by atoms with E-state index in [1.165, 1.54) is 40.4 Å². The number of nitriles is 1. The highest BCUT2D eigenvalue weighted by molar-refractivity contribution is 5.97. The van der Waals surface area contributed by atoms with E-state index in [0.717, 1.165) is 57.2 Å². The van der Waals surface area contributed by atoms with Crippen LogP contribution < -0.4 is 19.9 Å². The van der Waals surface area contributed by atoms with E-state index < -0.39 is 0 Å². The molecule has 1 saturated carbocycles. The molecule has 1 saturated heterocycles. The van der Waals surface area contributed by atoms with Crippen LogP contribution >= 0.6 is 0 Å². The SMILES string of the molecule is Cc1cccc2cccc(N3CCc4c(nc(OCCN(C)C5CC5)nc4N4CCNC(CC#N)C4)C3)c12. The van der Waals surface area contributed by atoms with E-state index in [-0.39, 0.29) is 6.04 Å². The van der Waals surface area contributed by atoms with Crippen LogP contribution in [0.5, 0.6) is 6.01 Å². The van der Waals surface area contributed by atoms with Crippen LogP contribution in [0.15, 0.2) is 36.4 Å². The Labute approximate surface area is 225 Å². The van der Waals surface area contributed by atoms with Gasteiger partial charge in [0.05, 0.1) is 24.7 Å². The first kappa shape index (κ1) is 24.9. The molecule has 3 aliphatic rings. The standard InChI is InChI=1S/C30H37N7O/c1-21-5-3-6-22-7-4-8-27(28(21)22)36-15-12-25-26(20-36)33-30(38-18-17-35(2)24-9-10-24)34-29(25)37-16-14-32-23(19-37)11-13-31/h3-8,23-24,32H,9-12,14-20H2,1-2H3. The predicted octanol–water partition coefficient (Wildman–Crippen LogP) is 3.67. The second-order valence-corrected chi connectivity index (χ2v) is 10.9. The summed E-state index contributed by atoms with van der Waals surface area (Å²) in [4.78, 5) is 17.1. The van der Waals surface area contributed by atoms with Crippen molar-refractivity contribution in [2.24, 2.45) is 0 Å². The van der Waals surface area contributed by atoms with Crippen LogP contribution in [0.2, 0.25) is 0 Å². The van der Waals surface area contributed by atoms with Gasteiger partial charge in [0.2, 0.25) is 0 Å². The smallest absolute Gasteiger partial charge is 0.318 e. The van der Waals surface area contributed by atoms with Gasteiger partial charge in [0.15, 0.2) is 0 Å². The lowest BCUT2D eigenvalue weighted by atomic mass is 9.99. The summed E-state index contributed by atoms with van der Waals surface area (Å²) in [6.07, 6.45) is 3.94. The van der Waals surface area contributed by atoms with Gasteiger partial charge in [-0.3, -0.25) is 0 Å². The average molecular weight is 512 g/mol. The zero-order chi connectivity index (χ0) is 26.1. The molecule has 198 valence electrons. The largest absolute Gasteiger partial charge is 0.462 e. The van der Waals surface area contributed by atoms with Gasteiger partial charge in [-0.15, -0.1) is 0 Å². The molecule has 8 heteroatoms. The Morgan fingerprint density at radius 2 is 1.97 bits per heavy atom. The fraction of sp³-hybridized carbons (Fsp3) is 0.500. The Morgan fingerprint density at radius 1 is 1.13 bits per heavy atom. The van der Waals surface area contributed by atoms with Gasteiger partial charge in [-0.1, -0.05) is 30.3 Å². The summed E-state index contributed by atoms with van der Waals surface area (Å²) in [5.74, 6) is 0.985. The minimum atomic E-state index is 0.148. The summed E-state index contributed by atoms with van der Waals surface area (Å²) in [7, 11) is 2.17. The van der Waals surface area contributed by atoms with Crippen LogP contribution in [0, 0.1) is 18.3 Å². The topological polar surface area (TPSA) is 80.6 Å². The highest BCUT2D eigenvalue weighted by atomic mass is 16.5. The van der Waals surface area contributed by atoms with Crippen LogP contribution in [0.1, 0.15) is 36.1 Å². The van der Waals surface area contributed by atoms with E-state index in [2.05, 4.69) is 76.5 Å². The zero-order valence-corrected chi connectivity index (χ0v) is 22.5. The summed E-state index contributed by atoms with van der Waals surface area (Å²) in [5, 5.41) is 15.3. The first-order valence-electron chi connectivity index (χ1n) is 13.9. The van der Waals surface area contributed by atoms with Crippen molar-refractivity contribution < 1.29 is 4.74 Å². The number of nitrogens with zero attached hydrogens (tertiary/aromatic N) is 6. The van der Waals surface area contributed by atoms with Crippen molar-refractivity contribution in [3.8, 4) is 12.1 Å². The summed E-state index contributed by atoms with van der Waals surface area (Å²) < 4.78 is 6.18. The number of anilines is 2. The predicted molar refractivity (Wildman–Crippen MR) is 151 cm³/mol. The Kier molecular flexibility index (Phi) is 7.05. The first-order chi connectivity index (χ1) is 18.6. The fourth-order valence-corrected chi connectivity index (χ4v) is 5.93. The minimum absolute atomic E-state index is 0.148. The van der Waals surface area contributed by atoms with Crippen molar-refractivity contribution >= 4 is 22.3 Å². The van der Waals surface area contributed by atoms with E-state index in [4.69, 9.17) is 14.7 Å². The van der Waals surface area contributed by atoms with Gasteiger partial charge in [0.1, 0.15) is 12.4 Å². The second-order valence-electron chi connectivity index (χ2n) is 10.9. The van der Waals surface area contributed by atoms with Crippen LogP contribution in [-0.4, -0.2) is 73.3 Å². The number of likely N-dealkylation sites (N-methyl/N-ethyl adjacent to an activating group) is 1. The lowest BCUT2D eigenvalue weighted by Crippen LogP contribution is -2.51. The Balaban J connectivity index is 1.31.